The van der Waals surface area contributed by atoms with Crippen molar-refractivity contribution in [3.8, 4) is 0 Å². The van der Waals surface area contributed by atoms with Crippen LogP contribution >= 0.6 is 0 Å². The van der Waals surface area contributed by atoms with Crippen LogP contribution in [-0.2, 0) is 11.4 Å². The first-order chi connectivity index (χ1) is 15.4. The van der Waals surface area contributed by atoms with Crippen molar-refractivity contribution in [2.45, 2.75) is 26.0 Å². The quantitative estimate of drug-likeness (QED) is 0.528. The van der Waals surface area contributed by atoms with Crippen molar-refractivity contribution in [3.05, 3.63) is 106 Å². The Kier molecular flexibility index (Phi) is 6.25. The molecule has 1 aliphatic rings. The van der Waals surface area contributed by atoms with E-state index >= 15 is 0 Å². The Balaban J connectivity index is 1.55. The van der Waals surface area contributed by atoms with Gasteiger partial charge in [-0.25, -0.2) is 13.2 Å². The van der Waals surface area contributed by atoms with E-state index in [0.29, 0.717) is 6.42 Å². The fourth-order valence-corrected chi connectivity index (χ4v) is 3.57. The van der Waals surface area contributed by atoms with E-state index in [9.17, 15) is 18.0 Å². The summed E-state index contributed by atoms with van der Waals surface area (Å²) in [5.74, 6) is -2.78. The average molecular weight is 438 g/mol. The van der Waals surface area contributed by atoms with Crippen molar-refractivity contribution in [2.75, 3.05) is 6.54 Å². The molecule has 164 valence electrons. The lowest BCUT2D eigenvalue weighted by molar-refractivity contribution is 0.0400. The topological polar surface area (TPSA) is 41.9 Å². The Labute approximate surface area is 183 Å². The smallest absolute Gasteiger partial charge is 0.257 e. The molecule has 1 unspecified atom stereocenters. The summed E-state index contributed by atoms with van der Waals surface area (Å²) >= 11 is 0. The zero-order chi connectivity index (χ0) is 22.7. The molecule has 0 radical (unpaired) electrons. The van der Waals surface area contributed by atoms with Crippen LogP contribution in [0.3, 0.4) is 0 Å². The molecule has 0 fully saturated rings. The van der Waals surface area contributed by atoms with E-state index in [2.05, 4.69) is 5.16 Å². The molecular formula is C25H21F3N2O2. The van der Waals surface area contributed by atoms with Gasteiger partial charge in [-0.3, -0.25) is 4.79 Å². The summed E-state index contributed by atoms with van der Waals surface area (Å²) in [7, 11) is 0. The average Bonchev–Trinajstić information content (AvgIpc) is 3.24. The molecule has 1 aliphatic heterocycles. The highest BCUT2D eigenvalue weighted by Crippen LogP contribution is 2.22. The van der Waals surface area contributed by atoms with Gasteiger partial charge >= 0.3 is 0 Å². The molecule has 1 amide bonds. The highest BCUT2D eigenvalue weighted by molar-refractivity contribution is 6.01. The van der Waals surface area contributed by atoms with Crippen molar-refractivity contribution in [2.24, 2.45) is 5.16 Å². The van der Waals surface area contributed by atoms with Crippen LogP contribution in [0.1, 0.15) is 33.5 Å². The molecule has 3 aromatic carbocycles. The third kappa shape index (κ3) is 4.82. The van der Waals surface area contributed by atoms with Crippen molar-refractivity contribution >= 4 is 11.6 Å². The summed E-state index contributed by atoms with van der Waals surface area (Å²) < 4.78 is 41.9. The third-order valence-electron chi connectivity index (χ3n) is 5.31. The molecule has 0 bridgehead atoms. The minimum absolute atomic E-state index is 0.0584. The number of benzene rings is 3. The maximum Gasteiger partial charge on any atom is 0.257 e. The number of amides is 1. The maximum absolute atomic E-state index is 14.3. The Bertz CT molecular complexity index is 1160. The van der Waals surface area contributed by atoms with Crippen molar-refractivity contribution in [1.82, 2.24) is 4.90 Å². The largest absolute Gasteiger partial charge is 0.390 e. The second-order valence-corrected chi connectivity index (χ2v) is 7.74. The monoisotopic (exact) mass is 438 g/mol. The van der Waals surface area contributed by atoms with Gasteiger partial charge in [-0.1, -0.05) is 53.2 Å². The Morgan fingerprint density at radius 1 is 1.03 bits per heavy atom. The number of hydrogen-bond donors (Lipinski definition) is 0. The summed E-state index contributed by atoms with van der Waals surface area (Å²) in [4.78, 5) is 20.0. The molecule has 0 spiro atoms. The first-order valence-corrected chi connectivity index (χ1v) is 10.2. The fourth-order valence-electron chi connectivity index (χ4n) is 3.57. The third-order valence-corrected chi connectivity index (χ3v) is 5.31. The first-order valence-electron chi connectivity index (χ1n) is 10.2. The molecule has 0 saturated heterocycles. The Morgan fingerprint density at radius 3 is 2.50 bits per heavy atom. The van der Waals surface area contributed by atoms with Gasteiger partial charge < -0.3 is 9.74 Å². The predicted octanol–water partition coefficient (Wildman–Crippen LogP) is 5.25. The van der Waals surface area contributed by atoms with Crippen molar-refractivity contribution in [3.63, 3.8) is 0 Å². The second kappa shape index (κ2) is 9.26. The molecule has 3 aromatic rings. The van der Waals surface area contributed by atoms with Gasteiger partial charge in [0.05, 0.1) is 17.8 Å². The van der Waals surface area contributed by atoms with Gasteiger partial charge in [0.1, 0.15) is 17.5 Å². The lowest BCUT2D eigenvalue weighted by Crippen LogP contribution is -2.38. The van der Waals surface area contributed by atoms with Crippen LogP contribution < -0.4 is 0 Å². The van der Waals surface area contributed by atoms with Gasteiger partial charge in [-0.15, -0.1) is 0 Å². The Morgan fingerprint density at radius 2 is 1.78 bits per heavy atom. The molecular weight excluding hydrogens is 417 g/mol. The van der Waals surface area contributed by atoms with Gasteiger partial charge in [-0.05, 0) is 30.7 Å². The van der Waals surface area contributed by atoms with E-state index in [0.717, 1.165) is 29.0 Å². The number of oxime groups is 1. The second-order valence-electron chi connectivity index (χ2n) is 7.74. The number of carbonyl (C=O) groups excluding carboxylic acids is 1. The highest BCUT2D eigenvalue weighted by atomic mass is 19.1. The lowest BCUT2D eigenvalue weighted by atomic mass is 10.0. The van der Waals surface area contributed by atoms with Gasteiger partial charge in [0.25, 0.3) is 5.91 Å². The van der Waals surface area contributed by atoms with Crippen LogP contribution in [0, 0.1) is 24.4 Å². The molecule has 4 rings (SSSR count). The van der Waals surface area contributed by atoms with Crippen LogP contribution in [-0.4, -0.2) is 29.2 Å². The van der Waals surface area contributed by atoms with E-state index < -0.39 is 29.5 Å². The highest BCUT2D eigenvalue weighted by Gasteiger charge is 2.29. The molecule has 0 N–H and O–H groups in total. The normalized spacial score (nSPS) is 15.2. The van der Waals surface area contributed by atoms with Gasteiger partial charge in [-0.2, -0.15) is 0 Å². The fraction of sp³-hybridized carbons (Fsp3) is 0.200. The van der Waals surface area contributed by atoms with Gasteiger partial charge in [0.15, 0.2) is 6.10 Å². The molecule has 0 saturated carbocycles. The molecule has 7 heteroatoms. The molecule has 0 aliphatic carbocycles. The van der Waals surface area contributed by atoms with Crippen LogP contribution in [0.5, 0.6) is 0 Å². The van der Waals surface area contributed by atoms with Crippen LogP contribution in [0.25, 0.3) is 0 Å². The van der Waals surface area contributed by atoms with Gasteiger partial charge in [0, 0.05) is 24.6 Å². The van der Waals surface area contributed by atoms with Crippen molar-refractivity contribution < 1.29 is 22.8 Å². The molecule has 0 aromatic heterocycles. The number of carbonyl (C=O) groups is 1. The van der Waals surface area contributed by atoms with E-state index in [1.165, 1.54) is 29.2 Å². The maximum atomic E-state index is 14.3. The molecule has 4 nitrogen and oxygen atoms in total. The van der Waals surface area contributed by atoms with E-state index in [4.69, 9.17) is 4.84 Å². The number of halogens is 3. The summed E-state index contributed by atoms with van der Waals surface area (Å²) in [6.45, 7) is 1.88. The van der Waals surface area contributed by atoms with Crippen LogP contribution in [0.4, 0.5) is 13.2 Å². The summed E-state index contributed by atoms with van der Waals surface area (Å²) in [5, 5.41) is 4.14. The number of rotatable bonds is 6. The Hall–Kier alpha value is -3.61. The van der Waals surface area contributed by atoms with E-state index in [-0.39, 0.29) is 24.2 Å². The summed E-state index contributed by atoms with van der Waals surface area (Å²) in [6, 6.07) is 16.6. The van der Waals surface area contributed by atoms with Crippen molar-refractivity contribution in [1.29, 1.82) is 0 Å². The predicted molar refractivity (Wildman–Crippen MR) is 115 cm³/mol. The van der Waals surface area contributed by atoms with Gasteiger partial charge in [0.2, 0.25) is 0 Å². The van der Waals surface area contributed by atoms with E-state index in [1.54, 1.807) is 6.07 Å². The molecule has 1 heterocycles. The minimum Gasteiger partial charge on any atom is -0.390 e. The number of aryl methyl sites for hydroxylation is 1. The standard InChI is InChI=1S/C25H21F3N2O2/c1-16-6-8-17(9-7-16)24-13-20(32-29-24)15-30(14-18-10-11-19(26)12-23(18)28)25(31)21-4-2-3-5-22(21)27/h2-12,20H,13-15H2,1H3. The summed E-state index contributed by atoms with van der Waals surface area (Å²) in [5.41, 5.74) is 2.75. The number of nitrogens with zero attached hydrogens (tertiary/aromatic N) is 2. The zero-order valence-corrected chi connectivity index (χ0v) is 17.4. The number of hydrogen-bond acceptors (Lipinski definition) is 3. The molecule has 1 atom stereocenters. The molecule has 32 heavy (non-hydrogen) atoms. The summed E-state index contributed by atoms with van der Waals surface area (Å²) in [6.07, 6.45) is -0.0405. The van der Waals surface area contributed by atoms with E-state index in [1.807, 2.05) is 31.2 Å². The first kappa shape index (κ1) is 21.6. The lowest BCUT2D eigenvalue weighted by Gasteiger charge is -2.25. The minimum atomic E-state index is -0.778. The SMILES string of the molecule is Cc1ccc(C2=NOC(CN(Cc3ccc(F)cc3F)C(=O)c3ccccc3F)C2)cc1. The zero-order valence-electron chi connectivity index (χ0n) is 17.4. The van der Waals surface area contributed by atoms with Crippen LogP contribution in [0.15, 0.2) is 71.9 Å². The van der Waals surface area contributed by atoms with Crippen LogP contribution in [0.2, 0.25) is 0 Å².